The fraction of sp³-hybridized carbons (Fsp3) is 0.500. The molecule has 0 saturated heterocycles. The maximum Gasteiger partial charge on any atom is 0.319 e. The average molecular weight is 253 g/mol. The van der Waals surface area contributed by atoms with Crippen LogP contribution in [0.3, 0.4) is 0 Å². The molecule has 0 atom stereocenters. The molecular weight excluding hydrogens is 226 g/mol. The van der Waals surface area contributed by atoms with Crippen molar-refractivity contribution in [1.82, 2.24) is 10.2 Å². The van der Waals surface area contributed by atoms with E-state index >= 15 is 0 Å². The SMILES string of the molecule is CC(C)c1ccc(NC(=O)NCCN(C)C)cc1.[HH].[HH]. The van der Waals surface area contributed by atoms with E-state index < -0.39 is 0 Å². The van der Waals surface area contributed by atoms with Crippen molar-refractivity contribution in [3.8, 4) is 0 Å². The van der Waals surface area contributed by atoms with Crippen LogP contribution >= 0.6 is 0 Å². The van der Waals surface area contributed by atoms with Crippen molar-refractivity contribution in [2.75, 3.05) is 32.5 Å². The van der Waals surface area contributed by atoms with Crippen molar-refractivity contribution in [2.24, 2.45) is 0 Å². The van der Waals surface area contributed by atoms with Crippen molar-refractivity contribution < 1.29 is 7.65 Å². The van der Waals surface area contributed by atoms with Gasteiger partial charge in [0.1, 0.15) is 0 Å². The van der Waals surface area contributed by atoms with E-state index in [-0.39, 0.29) is 8.88 Å². The third kappa shape index (κ3) is 5.19. The molecule has 1 aromatic rings. The quantitative estimate of drug-likeness (QED) is 0.847. The molecule has 0 fully saturated rings. The van der Waals surface area contributed by atoms with Crippen LogP contribution in [0.15, 0.2) is 24.3 Å². The lowest BCUT2D eigenvalue weighted by atomic mass is 10.0. The summed E-state index contributed by atoms with van der Waals surface area (Å²) in [6, 6.07) is 7.79. The van der Waals surface area contributed by atoms with Gasteiger partial charge in [0.2, 0.25) is 0 Å². The molecule has 1 rings (SSSR count). The molecule has 4 heteroatoms. The first kappa shape index (κ1) is 14.5. The van der Waals surface area contributed by atoms with Gasteiger partial charge in [-0.1, -0.05) is 26.0 Å². The molecule has 2 N–H and O–H groups in total. The first-order valence-electron chi connectivity index (χ1n) is 6.28. The van der Waals surface area contributed by atoms with Gasteiger partial charge in [0.15, 0.2) is 0 Å². The number of hydrogen-bond acceptors (Lipinski definition) is 2. The Kier molecular flexibility index (Phi) is 5.65. The highest BCUT2D eigenvalue weighted by atomic mass is 16.2. The van der Waals surface area contributed by atoms with Crippen molar-refractivity contribution in [1.29, 1.82) is 0 Å². The largest absolute Gasteiger partial charge is 0.337 e. The molecule has 0 aromatic heterocycles. The maximum absolute atomic E-state index is 11.6. The fourth-order valence-corrected chi connectivity index (χ4v) is 1.52. The van der Waals surface area contributed by atoms with Crippen LogP contribution in [0.1, 0.15) is 28.2 Å². The van der Waals surface area contributed by atoms with Gasteiger partial charge < -0.3 is 15.5 Å². The second-order valence-electron chi connectivity index (χ2n) is 4.96. The average Bonchev–Trinajstić information content (AvgIpc) is 2.29. The van der Waals surface area contributed by atoms with Gasteiger partial charge in [-0.15, -0.1) is 0 Å². The number of nitrogens with zero attached hydrogens (tertiary/aromatic N) is 1. The minimum atomic E-state index is -0.158. The van der Waals surface area contributed by atoms with E-state index in [4.69, 9.17) is 0 Å². The maximum atomic E-state index is 11.6. The zero-order valence-corrected chi connectivity index (χ0v) is 11.7. The van der Waals surface area contributed by atoms with E-state index in [1.54, 1.807) is 0 Å². The van der Waals surface area contributed by atoms with E-state index in [2.05, 4.69) is 24.5 Å². The molecule has 0 spiro atoms. The Bertz CT molecular complexity index is 381. The van der Waals surface area contributed by atoms with Crippen LogP contribution in [-0.2, 0) is 0 Å². The summed E-state index contributed by atoms with van der Waals surface area (Å²) in [5, 5.41) is 5.62. The third-order valence-electron chi connectivity index (χ3n) is 2.68. The van der Waals surface area contributed by atoms with Gasteiger partial charge in [-0.3, -0.25) is 0 Å². The molecule has 0 aliphatic rings. The van der Waals surface area contributed by atoms with E-state index in [0.29, 0.717) is 12.5 Å². The number of benzene rings is 1. The van der Waals surface area contributed by atoms with Gasteiger partial charge in [-0.25, -0.2) is 4.79 Å². The summed E-state index contributed by atoms with van der Waals surface area (Å²) in [5.74, 6) is 0.507. The van der Waals surface area contributed by atoms with Gasteiger partial charge in [-0.2, -0.15) is 0 Å². The Hall–Kier alpha value is -1.55. The Balaban J connectivity index is 0. The normalized spacial score (nSPS) is 10.8. The smallest absolute Gasteiger partial charge is 0.319 e. The van der Waals surface area contributed by atoms with Crippen LogP contribution in [-0.4, -0.2) is 38.1 Å². The molecule has 0 unspecified atom stereocenters. The summed E-state index contributed by atoms with van der Waals surface area (Å²) in [4.78, 5) is 13.6. The van der Waals surface area contributed by atoms with E-state index in [9.17, 15) is 4.79 Å². The van der Waals surface area contributed by atoms with Crippen molar-refractivity contribution in [2.45, 2.75) is 19.8 Å². The molecule has 0 bridgehead atoms. The summed E-state index contributed by atoms with van der Waals surface area (Å²) in [7, 11) is 3.95. The standard InChI is InChI=1S/C14H23N3O.2H2/c1-11(2)12-5-7-13(8-6-12)16-14(18)15-9-10-17(3)4;;/h5-8,11H,9-10H2,1-4H3,(H2,15,16,18);2*1H. The zero-order valence-electron chi connectivity index (χ0n) is 11.7. The predicted molar refractivity (Wildman–Crippen MR) is 80.3 cm³/mol. The first-order chi connectivity index (χ1) is 8.49. The number of likely N-dealkylation sites (N-methyl/N-ethyl adjacent to an activating group) is 1. The van der Waals surface area contributed by atoms with Gasteiger partial charge in [0.25, 0.3) is 0 Å². The summed E-state index contributed by atoms with van der Waals surface area (Å²) in [5.41, 5.74) is 2.09. The summed E-state index contributed by atoms with van der Waals surface area (Å²) in [6.07, 6.45) is 0. The van der Waals surface area contributed by atoms with Gasteiger partial charge in [-0.05, 0) is 37.7 Å². The number of hydrogen-bond donors (Lipinski definition) is 2. The third-order valence-corrected chi connectivity index (χ3v) is 2.68. The Morgan fingerprint density at radius 1 is 1.28 bits per heavy atom. The lowest BCUT2D eigenvalue weighted by Gasteiger charge is -2.12. The Morgan fingerprint density at radius 3 is 2.39 bits per heavy atom. The number of amides is 2. The molecule has 0 radical (unpaired) electrons. The van der Waals surface area contributed by atoms with Gasteiger partial charge in [0.05, 0.1) is 0 Å². The Labute approximate surface area is 112 Å². The van der Waals surface area contributed by atoms with Crippen molar-refractivity contribution in [3.05, 3.63) is 29.8 Å². The lowest BCUT2D eigenvalue weighted by molar-refractivity contribution is 0.250. The van der Waals surface area contributed by atoms with Crippen LogP contribution in [0.2, 0.25) is 0 Å². The van der Waals surface area contributed by atoms with E-state index in [1.165, 1.54) is 5.56 Å². The van der Waals surface area contributed by atoms with Crippen LogP contribution < -0.4 is 10.6 Å². The van der Waals surface area contributed by atoms with Crippen LogP contribution in [0.25, 0.3) is 0 Å². The summed E-state index contributed by atoms with van der Waals surface area (Å²) < 4.78 is 0. The molecule has 1 aromatic carbocycles. The minimum absolute atomic E-state index is 0. The molecule has 0 heterocycles. The van der Waals surface area contributed by atoms with Gasteiger partial charge >= 0.3 is 6.03 Å². The summed E-state index contributed by atoms with van der Waals surface area (Å²) >= 11 is 0. The number of carbonyl (C=O) groups is 1. The minimum Gasteiger partial charge on any atom is -0.337 e. The lowest BCUT2D eigenvalue weighted by Crippen LogP contribution is -2.34. The fourth-order valence-electron chi connectivity index (χ4n) is 1.52. The predicted octanol–water partition coefficient (Wildman–Crippen LogP) is 2.99. The molecular formula is C14H27N3O. The molecule has 104 valence electrons. The second kappa shape index (κ2) is 7.01. The monoisotopic (exact) mass is 253 g/mol. The van der Waals surface area contributed by atoms with Crippen LogP contribution in [0.4, 0.5) is 10.5 Å². The summed E-state index contributed by atoms with van der Waals surface area (Å²) in [6.45, 7) is 5.77. The van der Waals surface area contributed by atoms with Crippen LogP contribution in [0.5, 0.6) is 0 Å². The topological polar surface area (TPSA) is 44.4 Å². The molecule has 0 saturated carbocycles. The van der Waals surface area contributed by atoms with E-state index in [1.807, 2.05) is 43.3 Å². The molecule has 2 amide bonds. The number of nitrogens with one attached hydrogen (secondary N) is 2. The highest BCUT2D eigenvalue weighted by Gasteiger charge is 2.02. The highest BCUT2D eigenvalue weighted by Crippen LogP contribution is 2.16. The second-order valence-corrected chi connectivity index (χ2v) is 4.96. The molecule has 0 aliphatic heterocycles. The van der Waals surface area contributed by atoms with Crippen molar-refractivity contribution in [3.63, 3.8) is 0 Å². The van der Waals surface area contributed by atoms with Gasteiger partial charge in [0, 0.05) is 21.6 Å². The number of urea groups is 1. The number of carbonyl (C=O) groups excluding carboxylic acids is 1. The number of anilines is 1. The zero-order chi connectivity index (χ0) is 13.5. The highest BCUT2D eigenvalue weighted by molar-refractivity contribution is 5.89. The Morgan fingerprint density at radius 2 is 1.89 bits per heavy atom. The molecule has 18 heavy (non-hydrogen) atoms. The first-order valence-corrected chi connectivity index (χ1v) is 6.28. The molecule has 4 nitrogen and oxygen atoms in total. The van der Waals surface area contributed by atoms with E-state index in [0.717, 1.165) is 12.2 Å². The molecule has 0 aliphatic carbocycles. The van der Waals surface area contributed by atoms with Crippen LogP contribution in [0, 0.1) is 0 Å². The number of rotatable bonds is 5. The van der Waals surface area contributed by atoms with Crippen molar-refractivity contribution >= 4 is 11.7 Å².